The Kier molecular flexibility index (Phi) is 3.06. The lowest BCUT2D eigenvalue weighted by Gasteiger charge is -2.45. The van der Waals surface area contributed by atoms with Gasteiger partial charge in [-0.15, -0.1) is 0 Å². The first-order chi connectivity index (χ1) is 10.3. The van der Waals surface area contributed by atoms with Crippen molar-refractivity contribution >= 4 is 28.5 Å². The fourth-order valence-corrected chi connectivity index (χ4v) is 5.78. The zero-order chi connectivity index (χ0) is 15.8. The standard InChI is InChI=1S/C19H24INO/c1-12-6-5-7-14(15(12)20)16-21-11-19(22-16)10-13-8-9-18(19,4)17(13,2)3/h5-7,13H,8-11H2,1-4H3/t13-,18-,19+/m1/s1. The third-order valence-corrected chi connectivity index (χ3v) is 8.64. The van der Waals surface area contributed by atoms with E-state index < -0.39 is 0 Å². The largest absolute Gasteiger partial charge is 0.468 e. The Hall–Kier alpha value is -0.580. The van der Waals surface area contributed by atoms with Crippen molar-refractivity contribution in [3.05, 3.63) is 32.9 Å². The molecule has 0 N–H and O–H groups in total. The zero-order valence-electron chi connectivity index (χ0n) is 13.9. The molecule has 2 aliphatic carbocycles. The van der Waals surface area contributed by atoms with Crippen molar-refractivity contribution in [2.24, 2.45) is 21.7 Å². The molecule has 1 spiro atoms. The number of hydrogen-bond donors (Lipinski definition) is 0. The predicted octanol–water partition coefficient (Wildman–Crippen LogP) is 4.96. The number of rotatable bonds is 1. The van der Waals surface area contributed by atoms with Crippen LogP contribution < -0.4 is 0 Å². The summed E-state index contributed by atoms with van der Waals surface area (Å²) in [5, 5.41) is 0. The summed E-state index contributed by atoms with van der Waals surface area (Å²) in [5.74, 6) is 1.65. The van der Waals surface area contributed by atoms with Crippen molar-refractivity contribution in [3.8, 4) is 0 Å². The van der Waals surface area contributed by atoms with Crippen LogP contribution in [0.25, 0.3) is 0 Å². The number of aryl methyl sites for hydroxylation is 1. The third kappa shape index (κ3) is 1.64. The van der Waals surface area contributed by atoms with Crippen LogP contribution in [0.15, 0.2) is 23.2 Å². The Morgan fingerprint density at radius 1 is 1.27 bits per heavy atom. The minimum absolute atomic E-state index is 0.0679. The first-order valence-electron chi connectivity index (χ1n) is 8.30. The summed E-state index contributed by atoms with van der Waals surface area (Å²) in [4.78, 5) is 4.86. The lowest BCUT2D eigenvalue weighted by molar-refractivity contribution is -0.0559. The minimum atomic E-state index is -0.0679. The summed E-state index contributed by atoms with van der Waals surface area (Å²) >= 11 is 2.42. The average Bonchev–Trinajstić information content (AvgIpc) is 3.03. The number of benzene rings is 1. The van der Waals surface area contributed by atoms with Gasteiger partial charge >= 0.3 is 0 Å². The molecule has 118 valence electrons. The lowest BCUT2D eigenvalue weighted by Crippen LogP contribution is -2.49. The molecule has 2 saturated carbocycles. The van der Waals surface area contributed by atoms with E-state index in [4.69, 9.17) is 9.73 Å². The number of ether oxygens (including phenoxy) is 1. The third-order valence-electron chi connectivity index (χ3n) is 7.21. The summed E-state index contributed by atoms with van der Waals surface area (Å²) in [7, 11) is 0. The molecule has 0 radical (unpaired) electrons. The second-order valence-electron chi connectivity index (χ2n) is 8.15. The van der Waals surface area contributed by atoms with Gasteiger partial charge in [-0.3, -0.25) is 0 Å². The molecule has 0 aromatic heterocycles. The Morgan fingerprint density at radius 3 is 2.68 bits per heavy atom. The van der Waals surface area contributed by atoms with Gasteiger partial charge in [0.25, 0.3) is 0 Å². The highest BCUT2D eigenvalue weighted by Gasteiger charge is 2.71. The van der Waals surface area contributed by atoms with E-state index in [1.54, 1.807) is 0 Å². The Balaban J connectivity index is 1.70. The summed E-state index contributed by atoms with van der Waals surface area (Å²) in [6.07, 6.45) is 3.80. The fourth-order valence-electron chi connectivity index (χ4n) is 5.19. The Morgan fingerprint density at radius 2 is 2.05 bits per heavy atom. The Bertz CT molecular complexity index is 680. The molecular weight excluding hydrogens is 385 g/mol. The molecule has 1 aromatic carbocycles. The highest BCUT2D eigenvalue weighted by molar-refractivity contribution is 14.1. The fraction of sp³-hybridized carbons (Fsp3) is 0.632. The molecule has 2 fully saturated rings. The van der Waals surface area contributed by atoms with Crippen LogP contribution >= 0.6 is 22.6 Å². The minimum Gasteiger partial charge on any atom is -0.468 e. The van der Waals surface area contributed by atoms with E-state index in [1.165, 1.54) is 34.0 Å². The molecule has 3 atom stereocenters. The molecule has 3 aliphatic rings. The quantitative estimate of drug-likeness (QED) is 0.601. The molecule has 0 saturated heterocycles. The van der Waals surface area contributed by atoms with E-state index in [-0.39, 0.29) is 11.0 Å². The van der Waals surface area contributed by atoms with Crippen molar-refractivity contribution in [1.82, 2.24) is 0 Å². The molecule has 2 nitrogen and oxygen atoms in total. The van der Waals surface area contributed by atoms with Crippen LogP contribution in [0.5, 0.6) is 0 Å². The van der Waals surface area contributed by atoms with Gasteiger partial charge in [-0.1, -0.05) is 32.9 Å². The van der Waals surface area contributed by atoms with Crippen molar-refractivity contribution < 1.29 is 4.74 Å². The van der Waals surface area contributed by atoms with Crippen LogP contribution in [-0.2, 0) is 4.74 Å². The van der Waals surface area contributed by atoms with Crippen molar-refractivity contribution in [2.75, 3.05) is 6.54 Å². The molecule has 1 aromatic rings. The SMILES string of the molecule is Cc1cccc(C2=NC[C@]3(C[C@H]4CC[C@]3(C)C4(C)C)O2)c1I. The maximum atomic E-state index is 6.65. The number of aliphatic imine (C=N–C) groups is 1. The van der Waals surface area contributed by atoms with Gasteiger partial charge in [0.15, 0.2) is 0 Å². The van der Waals surface area contributed by atoms with Crippen LogP contribution in [0.4, 0.5) is 0 Å². The smallest absolute Gasteiger partial charge is 0.217 e. The van der Waals surface area contributed by atoms with Gasteiger partial charge < -0.3 is 4.74 Å². The first kappa shape index (κ1) is 15.0. The second-order valence-corrected chi connectivity index (χ2v) is 9.23. The number of fused-ring (bicyclic) bond motifs is 3. The highest BCUT2D eigenvalue weighted by Crippen LogP contribution is 2.71. The number of nitrogens with zero attached hydrogens (tertiary/aromatic N) is 1. The maximum Gasteiger partial charge on any atom is 0.217 e. The molecule has 0 amide bonds. The summed E-state index contributed by atoms with van der Waals surface area (Å²) in [6.45, 7) is 10.3. The first-order valence-corrected chi connectivity index (χ1v) is 9.38. The molecule has 1 heterocycles. The van der Waals surface area contributed by atoms with E-state index in [1.807, 2.05) is 0 Å². The number of halogens is 1. The van der Waals surface area contributed by atoms with Gasteiger partial charge in [-0.25, -0.2) is 4.99 Å². The summed E-state index contributed by atoms with van der Waals surface area (Å²) in [6, 6.07) is 6.40. The monoisotopic (exact) mass is 409 g/mol. The van der Waals surface area contributed by atoms with Gasteiger partial charge in [0.1, 0.15) is 5.60 Å². The van der Waals surface area contributed by atoms with Gasteiger partial charge in [-0.2, -0.15) is 0 Å². The molecule has 0 unspecified atom stereocenters. The van der Waals surface area contributed by atoms with Crippen molar-refractivity contribution in [2.45, 2.75) is 52.6 Å². The van der Waals surface area contributed by atoms with Crippen LogP contribution in [-0.4, -0.2) is 18.0 Å². The van der Waals surface area contributed by atoms with Gasteiger partial charge in [0.05, 0.1) is 6.54 Å². The van der Waals surface area contributed by atoms with Crippen LogP contribution in [0, 0.1) is 27.2 Å². The highest BCUT2D eigenvalue weighted by atomic mass is 127. The van der Waals surface area contributed by atoms with Gasteiger partial charge in [0.2, 0.25) is 5.90 Å². The second kappa shape index (κ2) is 4.49. The van der Waals surface area contributed by atoms with E-state index in [0.29, 0.717) is 5.41 Å². The van der Waals surface area contributed by atoms with Crippen LogP contribution in [0.2, 0.25) is 0 Å². The predicted molar refractivity (Wildman–Crippen MR) is 98.3 cm³/mol. The van der Waals surface area contributed by atoms with E-state index in [9.17, 15) is 0 Å². The van der Waals surface area contributed by atoms with Gasteiger partial charge in [0, 0.05) is 14.5 Å². The lowest BCUT2D eigenvalue weighted by atomic mass is 9.64. The summed E-state index contributed by atoms with van der Waals surface area (Å²) < 4.78 is 7.92. The molecule has 1 aliphatic heterocycles. The Labute approximate surface area is 146 Å². The van der Waals surface area contributed by atoms with Crippen LogP contribution in [0.3, 0.4) is 0 Å². The average molecular weight is 409 g/mol. The molecule has 3 heteroatoms. The van der Waals surface area contributed by atoms with Crippen LogP contribution in [0.1, 0.15) is 51.2 Å². The normalized spacial score (nSPS) is 38.4. The van der Waals surface area contributed by atoms with Gasteiger partial charge in [-0.05, 0) is 71.7 Å². The topological polar surface area (TPSA) is 21.6 Å². The zero-order valence-corrected chi connectivity index (χ0v) is 16.0. The number of hydrogen-bond acceptors (Lipinski definition) is 2. The van der Waals surface area contributed by atoms with E-state index >= 15 is 0 Å². The maximum absolute atomic E-state index is 6.65. The molecular formula is C19H24INO. The van der Waals surface area contributed by atoms with E-state index in [2.05, 4.69) is 68.5 Å². The molecule has 2 bridgehead atoms. The van der Waals surface area contributed by atoms with Crippen molar-refractivity contribution in [1.29, 1.82) is 0 Å². The molecule has 4 rings (SSSR count). The van der Waals surface area contributed by atoms with E-state index in [0.717, 1.165) is 18.4 Å². The molecule has 22 heavy (non-hydrogen) atoms. The summed E-state index contributed by atoms with van der Waals surface area (Å²) in [5.41, 5.74) is 3.00. The van der Waals surface area contributed by atoms with Crippen molar-refractivity contribution in [3.63, 3.8) is 0 Å².